The van der Waals surface area contributed by atoms with Gasteiger partial charge in [0.15, 0.2) is 5.76 Å². The molecular formula is C23H14BrN3O3. The lowest BCUT2D eigenvalue weighted by molar-refractivity contribution is 0.557. The van der Waals surface area contributed by atoms with Gasteiger partial charge in [0.1, 0.15) is 11.3 Å². The van der Waals surface area contributed by atoms with Gasteiger partial charge in [-0.25, -0.2) is 4.98 Å². The lowest BCUT2D eigenvalue weighted by atomic mass is 10.2. The van der Waals surface area contributed by atoms with Crippen molar-refractivity contribution in [2.24, 2.45) is 5.10 Å². The minimum absolute atomic E-state index is 0.278. The molecule has 146 valence electrons. The van der Waals surface area contributed by atoms with Crippen LogP contribution in [0.4, 0.5) is 0 Å². The summed E-state index contributed by atoms with van der Waals surface area (Å²) in [4.78, 5) is 17.8. The van der Waals surface area contributed by atoms with Crippen molar-refractivity contribution in [1.82, 2.24) is 9.66 Å². The van der Waals surface area contributed by atoms with Crippen LogP contribution in [0.15, 0.2) is 96.2 Å². The first-order valence-corrected chi connectivity index (χ1v) is 9.94. The summed E-state index contributed by atoms with van der Waals surface area (Å²) < 4.78 is 13.4. The first-order chi connectivity index (χ1) is 14.7. The summed E-state index contributed by atoms with van der Waals surface area (Å²) in [5.41, 5.74) is 1.00. The van der Waals surface area contributed by atoms with Crippen LogP contribution in [-0.2, 0) is 0 Å². The molecule has 0 aliphatic carbocycles. The highest BCUT2D eigenvalue weighted by molar-refractivity contribution is 9.10. The van der Waals surface area contributed by atoms with E-state index in [2.05, 4.69) is 26.0 Å². The number of aromatic nitrogens is 2. The van der Waals surface area contributed by atoms with Gasteiger partial charge in [0, 0.05) is 16.1 Å². The average molecular weight is 460 g/mol. The topological polar surface area (TPSA) is 73.5 Å². The summed E-state index contributed by atoms with van der Waals surface area (Å²) in [6.07, 6.45) is 6.55. The Kier molecular flexibility index (Phi) is 4.65. The third-order valence-corrected chi connectivity index (χ3v) is 5.02. The van der Waals surface area contributed by atoms with Crippen LogP contribution in [0.2, 0.25) is 0 Å². The van der Waals surface area contributed by atoms with Gasteiger partial charge >= 0.3 is 0 Å². The standard InChI is InChI=1S/C23H14BrN3O3/c24-16-9-10-20-15(13-16)14-21(30-20)22-26-19-8-2-1-7-18(19)23(28)27(22)25-11-3-5-17-6-4-12-29-17/h1-14H/b5-3+,25-11?. The van der Waals surface area contributed by atoms with Crippen LogP contribution in [0.1, 0.15) is 5.76 Å². The summed E-state index contributed by atoms with van der Waals surface area (Å²) >= 11 is 3.46. The SMILES string of the molecule is O=c1c2ccccc2nc(-c2cc3cc(Br)ccc3o2)n1N=C/C=C/c1ccco1. The van der Waals surface area contributed by atoms with Crippen molar-refractivity contribution in [2.45, 2.75) is 0 Å². The second-order valence-corrected chi connectivity index (χ2v) is 7.42. The molecule has 30 heavy (non-hydrogen) atoms. The van der Waals surface area contributed by atoms with E-state index in [1.54, 1.807) is 42.7 Å². The fraction of sp³-hybridized carbons (Fsp3) is 0. The molecule has 3 aromatic heterocycles. The summed E-state index contributed by atoms with van der Waals surface area (Å²) in [5, 5.41) is 5.72. The average Bonchev–Trinajstić information content (AvgIpc) is 3.41. The van der Waals surface area contributed by atoms with E-state index >= 15 is 0 Å². The van der Waals surface area contributed by atoms with Crippen molar-refractivity contribution >= 4 is 50.1 Å². The number of halogens is 1. The first kappa shape index (κ1) is 18.3. The Hall–Kier alpha value is -3.71. The summed E-state index contributed by atoms with van der Waals surface area (Å²) in [6, 6.07) is 18.3. The zero-order chi connectivity index (χ0) is 20.5. The van der Waals surface area contributed by atoms with Crippen molar-refractivity contribution in [3.05, 3.63) is 93.6 Å². The number of fused-ring (bicyclic) bond motifs is 2. The maximum absolute atomic E-state index is 13.1. The highest BCUT2D eigenvalue weighted by Gasteiger charge is 2.16. The van der Waals surface area contributed by atoms with Gasteiger partial charge in [-0.1, -0.05) is 28.1 Å². The molecule has 0 radical (unpaired) electrons. The normalized spacial score (nSPS) is 12.0. The molecule has 5 rings (SSSR count). The molecule has 0 bridgehead atoms. The first-order valence-electron chi connectivity index (χ1n) is 9.15. The maximum Gasteiger partial charge on any atom is 0.282 e. The minimum Gasteiger partial charge on any atom is -0.465 e. The maximum atomic E-state index is 13.1. The van der Waals surface area contributed by atoms with Crippen LogP contribution in [0.5, 0.6) is 0 Å². The van der Waals surface area contributed by atoms with Gasteiger partial charge in [-0.05, 0) is 60.7 Å². The summed E-state index contributed by atoms with van der Waals surface area (Å²) in [7, 11) is 0. The van der Waals surface area contributed by atoms with Crippen molar-refractivity contribution in [2.75, 3.05) is 0 Å². The molecule has 6 nitrogen and oxygen atoms in total. The van der Waals surface area contributed by atoms with Gasteiger partial charge in [-0.2, -0.15) is 9.78 Å². The molecular weight excluding hydrogens is 446 g/mol. The monoisotopic (exact) mass is 459 g/mol. The summed E-state index contributed by atoms with van der Waals surface area (Å²) in [5.74, 6) is 1.47. The molecule has 0 aliphatic rings. The van der Waals surface area contributed by atoms with Crippen LogP contribution in [0.3, 0.4) is 0 Å². The second-order valence-electron chi connectivity index (χ2n) is 6.50. The molecule has 5 aromatic rings. The Labute approximate surface area is 178 Å². The molecule has 0 N–H and O–H groups in total. The zero-order valence-electron chi connectivity index (χ0n) is 15.5. The molecule has 0 spiro atoms. The molecule has 0 amide bonds. The van der Waals surface area contributed by atoms with Gasteiger partial charge in [0.25, 0.3) is 5.56 Å². The third-order valence-electron chi connectivity index (χ3n) is 4.52. The number of benzene rings is 2. The zero-order valence-corrected chi connectivity index (χ0v) is 17.1. The van der Waals surface area contributed by atoms with E-state index in [1.807, 2.05) is 36.4 Å². The van der Waals surface area contributed by atoms with E-state index in [0.29, 0.717) is 33.8 Å². The lowest BCUT2D eigenvalue weighted by Gasteiger charge is -2.06. The van der Waals surface area contributed by atoms with Crippen molar-refractivity contribution in [1.29, 1.82) is 0 Å². The predicted molar refractivity (Wildman–Crippen MR) is 121 cm³/mol. The van der Waals surface area contributed by atoms with Crippen LogP contribution in [-0.4, -0.2) is 15.9 Å². The highest BCUT2D eigenvalue weighted by Crippen LogP contribution is 2.29. The second kappa shape index (κ2) is 7.61. The molecule has 2 aromatic carbocycles. The van der Waals surface area contributed by atoms with Gasteiger partial charge < -0.3 is 8.83 Å². The van der Waals surface area contributed by atoms with E-state index in [-0.39, 0.29) is 5.56 Å². The van der Waals surface area contributed by atoms with E-state index in [1.165, 1.54) is 10.9 Å². The van der Waals surface area contributed by atoms with Gasteiger partial charge in [0.05, 0.1) is 17.2 Å². The third kappa shape index (κ3) is 3.40. The smallest absolute Gasteiger partial charge is 0.282 e. The Balaban J connectivity index is 1.67. The molecule has 3 heterocycles. The number of para-hydroxylation sites is 1. The molecule has 0 fully saturated rings. The molecule has 7 heteroatoms. The molecule has 0 unspecified atom stereocenters. The number of hydrogen-bond donors (Lipinski definition) is 0. The van der Waals surface area contributed by atoms with E-state index < -0.39 is 0 Å². The van der Waals surface area contributed by atoms with Crippen LogP contribution < -0.4 is 5.56 Å². The van der Waals surface area contributed by atoms with Gasteiger partial charge in [-0.15, -0.1) is 0 Å². The summed E-state index contributed by atoms with van der Waals surface area (Å²) in [6.45, 7) is 0. The Morgan fingerprint density at radius 2 is 1.97 bits per heavy atom. The van der Waals surface area contributed by atoms with Crippen LogP contribution >= 0.6 is 15.9 Å². The van der Waals surface area contributed by atoms with E-state index in [4.69, 9.17) is 8.83 Å². The quantitative estimate of drug-likeness (QED) is 0.322. The number of hydrogen-bond acceptors (Lipinski definition) is 5. The fourth-order valence-electron chi connectivity index (χ4n) is 3.14. The fourth-order valence-corrected chi connectivity index (χ4v) is 3.52. The van der Waals surface area contributed by atoms with E-state index in [0.717, 1.165) is 9.86 Å². The van der Waals surface area contributed by atoms with Crippen LogP contribution in [0.25, 0.3) is 39.5 Å². The number of allylic oxidation sites excluding steroid dienone is 1. The molecule has 0 saturated heterocycles. The van der Waals surface area contributed by atoms with Crippen molar-refractivity contribution in [3.8, 4) is 11.6 Å². The predicted octanol–water partition coefficient (Wildman–Crippen LogP) is 5.71. The number of nitrogens with zero attached hydrogens (tertiary/aromatic N) is 3. The highest BCUT2D eigenvalue weighted by atomic mass is 79.9. The number of rotatable bonds is 4. The Bertz CT molecular complexity index is 1480. The lowest BCUT2D eigenvalue weighted by Crippen LogP contribution is -2.20. The van der Waals surface area contributed by atoms with Gasteiger partial charge in [-0.3, -0.25) is 4.79 Å². The molecule has 0 aliphatic heterocycles. The molecule has 0 atom stereocenters. The number of furan rings is 2. The van der Waals surface area contributed by atoms with Crippen molar-refractivity contribution < 1.29 is 8.83 Å². The van der Waals surface area contributed by atoms with Crippen LogP contribution in [0, 0.1) is 0 Å². The molecule has 0 saturated carbocycles. The largest absolute Gasteiger partial charge is 0.465 e. The van der Waals surface area contributed by atoms with E-state index in [9.17, 15) is 4.79 Å². The minimum atomic E-state index is -0.278. The van der Waals surface area contributed by atoms with Gasteiger partial charge in [0.2, 0.25) is 5.82 Å². The Morgan fingerprint density at radius 1 is 1.07 bits per heavy atom. The Morgan fingerprint density at radius 3 is 2.83 bits per heavy atom. The van der Waals surface area contributed by atoms with Crippen molar-refractivity contribution in [3.63, 3.8) is 0 Å².